The fraction of sp³-hybridized carbons (Fsp3) is 0.0492. The number of nitrogens with zero attached hydrogens (tertiary/aromatic N) is 3. The van der Waals surface area contributed by atoms with Crippen molar-refractivity contribution in [3.8, 4) is 78.4 Å². The Kier molecular flexibility index (Phi) is 7.95. The Morgan fingerprint density at radius 1 is 0.328 bits per heavy atom. The second-order valence-corrected chi connectivity index (χ2v) is 17.8. The molecule has 3 heterocycles. The minimum Gasteiger partial charge on any atom is -0.307 e. The molecular weight excluding hydrogens is 775 g/mol. The lowest BCUT2D eigenvalue weighted by molar-refractivity contribution is 0.660. The first-order valence-electron chi connectivity index (χ1n) is 22.1. The first-order chi connectivity index (χ1) is 31.5. The normalized spacial score (nSPS) is 13.0. The Morgan fingerprint density at radius 2 is 0.812 bits per heavy atom. The number of rotatable bonds is 6. The van der Waals surface area contributed by atoms with Crippen LogP contribution in [-0.4, -0.2) is 14.4 Å². The highest BCUT2D eigenvalue weighted by Gasteiger charge is 2.36. The van der Waals surface area contributed by atoms with Gasteiger partial charge in [-0.3, -0.25) is 0 Å². The van der Waals surface area contributed by atoms with Gasteiger partial charge in [0.25, 0.3) is 0 Å². The van der Waals surface area contributed by atoms with Crippen LogP contribution in [0.5, 0.6) is 0 Å². The molecule has 3 nitrogen and oxygen atoms in total. The molecule has 9 aromatic carbocycles. The van der Waals surface area contributed by atoms with Crippen molar-refractivity contribution < 1.29 is 0 Å². The van der Waals surface area contributed by atoms with Gasteiger partial charge in [-0.1, -0.05) is 196 Å². The van der Waals surface area contributed by atoms with Gasteiger partial charge in [0.1, 0.15) is 0 Å². The maximum atomic E-state index is 5.19. The summed E-state index contributed by atoms with van der Waals surface area (Å²) in [7, 11) is 0. The number of benzene rings is 9. The number of aromatic nitrogens is 3. The summed E-state index contributed by atoms with van der Waals surface area (Å²) >= 11 is 0. The third kappa shape index (κ3) is 5.54. The van der Waals surface area contributed by atoms with Gasteiger partial charge >= 0.3 is 0 Å². The summed E-state index contributed by atoms with van der Waals surface area (Å²) in [6, 6.07) is 77.1. The fourth-order valence-corrected chi connectivity index (χ4v) is 10.6. The Bertz CT molecular complexity index is 3730. The molecule has 0 atom stereocenters. The minimum absolute atomic E-state index is 0.156. The number of fused-ring (bicyclic) bond motifs is 9. The topological polar surface area (TPSA) is 30.2 Å². The van der Waals surface area contributed by atoms with Crippen LogP contribution in [0.4, 0.5) is 0 Å². The average molecular weight is 816 g/mol. The van der Waals surface area contributed by atoms with Crippen LogP contribution in [0.1, 0.15) is 25.0 Å². The second kappa shape index (κ2) is 13.9. The Hall–Kier alpha value is -8.14. The Balaban J connectivity index is 0.941. The van der Waals surface area contributed by atoms with E-state index in [1.165, 1.54) is 93.7 Å². The fourth-order valence-electron chi connectivity index (χ4n) is 10.6. The zero-order valence-electron chi connectivity index (χ0n) is 35.5. The van der Waals surface area contributed by atoms with Crippen molar-refractivity contribution >= 4 is 38.1 Å². The molecule has 0 amide bonds. The standard InChI is InChI=1S/C61H41N3/c1-61(2)53-31-28-42(34-51(53)52-35-45(29-32-54(52)61)60-62-55(39-17-8-4-9-18-39)37-56(63-60)40-19-10-5-11-20-40)41-21-12-22-44(33-41)46-23-13-25-49-50-26-14-24-48-47-30-27-43(38-15-6-3-7-16-38)36-57(47)64(58(46)49)59(48)50/h3-37H,1-2H3. The number of para-hydroxylation sites is 2. The van der Waals surface area contributed by atoms with E-state index < -0.39 is 0 Å². The van der Waals surface area contributed by atoms with Crippen LogP contribution in [0, 0.1) is 0 Å². The second-order valence-electron chi connectivity index (χ2n) is 17.8. The summed E-state index contributed by atoms with van der Waals surface area (Å²) in [5.41, 5.74) is 21.0. The van der Waals surface area contributed by atoms with Gasteiger partial charge in [0.05, 0.1) is 27.9 Å². The SMILES string of the molecule is CC1(C)c2ccc(-c3cccc(-c4cccc5c6cccc7c8ccc(-c9ccccc9)cc8n(c45)c76)c3)cc2-c2cc(-c3nc(-c4ccccc4)cc(-c4ccccc4)n3)ccc21. The molecule has 3 aromatic heterocycles. The quantitative estimate of drug-likeness (QED) is 0.167. The van der Waals surface area contributed by atoms with Crippen molar-refractivity contribution in [1.82, 2.24) is 14.4 Å². The van der Waals surface area contributed by atoms with Crippen LogP contribution in [0.2, 0.25) is 0 Å². The monoisotopic (exact) mass is 815 g/mol. The maximum Gasteiger partial charge on any atom is 0.160 e. The van der Waals surface area contributed by atoms with Gasteiger partial charge in [0, 0.05) is 49.2 Å². The van der Waals surface area contributed by atoms with E-state index in [2.05, 4.69) is 218 Å². The smallest absolute Gasteiger partial charge is 0.160 e. The van der Waals surface area contributed by atoms with Crippen LogP contribution in [-0.2, 0) is 5.41 Å². The van der Waals surface area contributed by atoms with E-state index in [-0.39, 0.29) is 5.41 Å². The van der Waals surface area contributed by atoms with E-state index in [0.717, 1.165) is 33.9 Å². The highest BCUT2D eigenvalue weighted by molar-refractivity contribution is 6.25. The average Bonchev–Trinajstić information content (AvgIpc) is 3.96. The molecule has 0 saturated heterocycles. The van der Waals surface area contributed by atoms with Gasteiger partial charge in [-0.15, -0.1) is 0 Å². The Labute approximate surface area is 372 Å². The van der Waals surface area contributed by atoms with Crippen molar-refractivity contribution in [2.45, 2.75) is 19.3 Å². The van der Waals surface area contributed by atoms with E-state index in [1.54, 1.807) is 0 Å². The third-order valence-corrected chi connectivity index (χ3v) is 13.8. The van der Waals surface area contributed by atoms with E-state index in [0.29, 0.717) is 0 Å². The number of hydrogen-bond acceptors (Lipinski definition) is 2. The zero-order valence-corrected chi connectivity index (χ0v) is 35.5. The minimum atomic E-state index is -0.156. The van der Waals surface area contributed by atoms with Crippen LogP contribution >= 0.6 is 0 Å². The van der Waals surface area contributed by atoms with Gasteiger partial charge in [-0.2, -0.15) is 0 Å². The molecular formula is C61H41N3. The molecule has 0 bridgehead atoms. The van der Waals surface area contributed by atoms with Gasteiger partial charge in [-0.25, -0.2) is 9.97 Å². The lowest BCUT2D eigenvalue weighted by Gasteiger charge is -2.21. The predicted molar refractivity (Wildman–Crippen MR) is 267 cm³/mol. The third-order valence-electron chi connectivity index (χ3n) is 13.8. The molecule has 0 fully saturated rings. The van der Waals surface area contributed by atoms with E-state index in [9.17, 15) is 0 Å². The van der Waals surface area contributed by atoms with Crippen LogP contribution in [0.3, 0.4) is 0 Å². The van der Waals surface area contributed by atoms with E-state index in [4.69, 9.17) is 9.97 Å². The molecule has 0 radical (unpaired) electrons. The van der Waals surface area contributed by atoms with E-state index >= 15 is 0 Å². The molecule has 3 heteroatoms. The van der Waals surface area contributed by atoms with Gasteiger partial charge in [0.2, 0.25) is 0 Å². The lowest BCUT2D eigenvalue weighted by atomic mass is 9.82. The highest BCUT2D eigenvalue weighted by atomic mass is 14.9. The van der Waals surface area contributed by atoms with Crippen LogP contribution in [0.15, 0.2) is 212 Å². The molecule has 1 aliphatic carbocycles. The summed E-state index contributed by atoms with van der Waals surface area (Å²) < 4.78 is 2.53. The molecule has 12 aromatic rings. The van der Waals surface area contributed by atoms with Gasteiger partial charge in [0.15, 0.2) is 5.82 Å². The molecule has 300 valence electrons. The van der Waals surface area contributed by atoms with Gasteiger partial charge < -0.3 is 4.40 Å². The molecule has 1 aliphatic rings. The number of hydrogen-bond donors (Lipinski definition) is 0. The zero-order chi connectivity index (χ0) is 42.5. The van der Waals surface area contributed by atoms with E-state index in [1.807, 2.05) is 12.1 Å². The van der Waals surface area contributed by atoms with Crippen molar-refractivity contribution in [2.75, 3.05) is 0 Å². The molecule has 0 aliphatic heterocycles. The first-order valence-corrected chi connectivity index (χ1v) is 22.1. The lowest BCUT2D eigenvalue weighted by Crippen LogP contribution is -2.14. The summed E-state index contributed by atoms with van der Waals surface area (Å²) in [5, 5.41) is 5.13. The molecule has 13 rings (SSSR count). The summed E-state index contributed by atoms with van der Waals surface area (Å²) in [4.78, 5) is 10.4. The van der Waals surface area contributed by atoms with Crippen molar-refractivity contribution in [2.24, 2.45) is 0 Å². The largest absolute Gasteiger partial charge is 0.307 e. The van der Waals surface area contributed by atoms with Crippen molar-refractivity contribution in [1.29, 1.82) is 0 Å². The van der Waals surface area contributed by atoms with Crippen molar-refractivity contribution in [3.63, 3.8) is 0 Å². The Morgan fingerprint density at radius 3 is 1.48 bits per heavy atom. The van der Waals surface area contributed by atoms with Crippen LogP contribution in [0.25, 0.3) is 117 Å². The summed E-state index contributed by atoms with van der Waals surface area (Å²) in [6.07, 6.45) is 0. The summed E-state index contributed by atoms with van der Waals surface area (Å²) in [6.45, 7) is 4.69. The maximum absolute atomic E-state index is 5.19. The molecule has 0 unspecified atom stereocenters. The van der Waals surface area contributed by atoms with Crippen molar-refractivity contribution in [3.05, 3.63) is 223 Å². The molecule has 0 saturated carbocycles. The van der Waals surface area contributed by atoms with Crippen LogP contribution < -0.4 is 0 Å². The van der Waals surface area contributed by atoms with Gasteiger partial charge in [-0.05, 0) is 80.4 Å². The highest BCUT2D eigenvalue weighted by Crippen LogP contribution is 2.51. The molecule has 0 N–H and O–H groups in total. The molecule has 64 heavy (non-hydrogen) atoms. The predicted octanol–water partition coefficient (Wildman–Crippen LogP) is 15.9. The summed E-state index contributed by atoms with van der Waals surface area (Å²) in [5.74, 6) is 0.722. The first kappa shape index (κ1) is 36.5. The molecule has 0 spiro atoms.